The average molecular weight is 412 g/mol. The fourth-order valence-electron chi connectivity index (χ4n) is 3.13. The molecule has 2 aromatic rings. The average Bonchev–Trinajstić information content (AvgIpc) is 2.92. The van der Waals surface area contributed by atoms with Gasteiger partial charge in [0.15, 0.2) is 0 Å². The molecule has 0 aliphatic heterocycles. The van der Waals surface area contributed by atoms with Crippen molar-refractivity contribution >= 4 is 17.0 Å². The molecule has 22 heavy (non-hydrogen) atoms. The third kappa shape index (κ3) is 4.70. The number of rotatable bonds is 5. The van der Waals surface area contributed by atoms with E-state index >= 15 is 0 Å². The molecule has 0 radical (unpaired) electrons. The Kier molecular flexibility index (Phi) is 8.22. The zero-order valence-electron chi connectivity index (χ0n) is 12.7. The molecular weight excluding hydrogens is 390 g/mol. The Morgan fingerprint density at radius 2 is 1.64 bits per heavy atom. The van der Waals surface area contributed by atoms with Gasteiger partial charge in [-0.05, 0) is 47.1 Å². The summed E-state index contributed by atoms with van der Waals surface area (Å²) in [5.41, 5.74) is 7.51. The Morgan fingerprint density at radius 1 is 0.909 bits per heavy atom. The van der Waals surface area contributed by atoms with E-state index in [4.69, 9.17) is 17.0 Å². The molecule has 3 heteroatoms. The van der Waals surface area contributed by atoms with Crippen LogP contribution >= 0.6 is 17.0 Å². The van der Waals surface area contributed by atoms with Crippen LogP contribution in [0.15, 0.2) is 42.5 Å². The van der Waals surface area contributed by atoms with Crippen LogP contribution in [0.2, 0.25) is 0 Å². The molecule has 0 unspecified atom stereocenters. The van der Waals surface area contributed by atoms with Crippen LogP contribution in [0.3, 0.4) is 0 Å². The van der Waals surface area contributed by atoms with E-state index in [9.17, 15) is 0 Å². The first kappa shape index (κ1) is 18.2. The molecule has 0 aromatic heterocycles. The summed E-state index contributed by atoms with van der Waals surface area (Å²) < 4.78 is 0. The molecule has 1 aliphatic rings. The van der Waals surface area contributed by atoms with Gasteiger partial charge in [-0.2, -0.15) is 6.42 Å². The molecule has 0 spiro atoms. The predicted octanol–water partition coefficient (Wildman–Crippen LogP) is 6.57. The SMILES string of the molecule is [CH2-]CCCCCc1cccc2c1Cc1ccccc1-2.[Cl][Zr][Cl]. The maximum absolute atomic E-state index is 4.93. The maximum atomic E-state index is 4.93. The molecular formula is C19H21Cl2Zr-. The molecule has 0 heterocycles. The molecule has 1 aliphatic carbocycles. The van der Waals surface area contributed by atoms with Crippen LogP contribution in [-0.2, 0) is 33.7 Å². The van der Waals surface area contributed by atoms with Gasteiger partial charge in [-0.1, -0.05) is 55.3 Å². The Morgan fingerprint density at radius 3 is 2.41 bits per heavy atom. The molecule has 116 valence electrons. The second-order valence-corrected chi connectivity index (χ2v) is 9.24. The van der Waals surface area contributed by atoms with Gasteiger partial charge in [0.25, 0.3) is 0 Å². The normalized spacial score (nSPS) is 11.2. The predicted molar refractivity (Wildman–Crippen MR) is 93.9 cm³/mol. The van der Waals surface area contributed by atoms with Crippen LogP contribution in [0.1, 0.15) is 42.4 Å². The quantitative estimate of drug-likeness (QED) is 0.329. The summed E-state index contributed by atoms with van der Waals surface area (Å²) >= 11 is -0.826. The zero-order valence-corrected chi connectivity index (χ0v) is 16.7. The van der Waals surface area contributed by atoms with Crippen molar-refractivity contribution in [1.82, 2.24) is 0 Å². The molecule has 0 amide bonds. The molecule has 0 atom stereocenters. The summed E-state index contributed by atoms with van der Waals surface area (Å²) in [6.45, 7) is 3.92. The molecule has 2 aromatic carbocycles. The molecule has 0 saturated heterocycles. The monoisotopic (exact) mass is 409 g/mol. The summed E-state index contributed by atoms with van der Waals surface area (Å²) in [7, 11) is 9.87. The summed E-state index contributed by atoms with van der Waals surface area (Å²) in [6.07, 6.45) is 7.27. The van der Waals surface area contributed by atoms with E-state index in [2.05, 4.69) is 49.4 Å². The Bertz CT molecular complexity index is 596. The summed E-state index contributed by atoms with van der Waals surface area (Å²) in [4.78, 5) is 0. The Balaban J connectivity index is 0.000000545. The fraction of sp³-hybridized carbons (Fsp3) is 0.316. The number of benzene rings is 2. The van der Waals surface area contributed by atoms with Gasteiger partial charge in [0.2, 0.25) is 0 Å². The van der Waals surface area contributed by atoms with E-state index in [1.165, 1.54) is 42.4 Å². The third-order valence-electron chi connectivity index (χ3n) is 4.14. The van der Waals surface area contributed by atoms with Crippen LogP contribution in [0.25, 0.3) is 11.1 Å². The summed E-state index contributed by atoms with van der Waals surface area (Å²) in [6, 6.07) is 15.6. The van der Waals surface area contributed by atoms with Crippen LogP contribution in [-0.4, -0.2) is 0 Å². The molecule has 0 fully saturated rings. The van der Waals surface area contributed by atoms with Gasteiger partial charge in [0.05, 0.1) is 0 Å². The number of aryl methyl sites for hydroxylation is 1. The number of hydrogen-bond acceptors (Lipinski definition) is 0. The van der Waals surface area contributed by atoms with E-state index < -0.39 is 20.8 Å². The Labute approximate surface area is 152 Å². The number of unbranched alkanes of at least 4 members (excludes halogenated alkanes) is 3. The van der Waals surface area contributed by atoms with Crippen LogP contribution < -0.4 is 0 Å². The van der Waals surface area contributed by atoms with Gasteiger partial charge >= 0.3 is 37.9 Å². The van der Waals surface area contributed by atoms with E-state index in [0.717, 1.165) is 12.8 Å². The molecule has 0 bridgehead atoms. The molecule has 3 rings (SSSR count). The van der Waals surface area contributed by atoms with Gasteiger partial charge < -0.3 is 6.92 Å². The van der Waals surface area contributed by atoms with Gasteiger partial charge in [-0.3, -0.25) is 0 Å². The topological polar surface area (TPSA) is 0 Å². The first-order valence-electron chi connectivity index (χ1n) is 7.76. The van der Waals surface area contributed by atoms with E-state index in [-0.39, 0.29) is 0 Å². The van der Waals surface area contributed by atoms with E-state index in [1.54, 1.807) is 11.1 Å². The van der Waals surface area contributed by atoms with Crippen LogP contribution in [0.5, 0.6) is 0 Å². The fourth-order valence-corrected chi connectivity index (χ4v) is 3.13. The number of hydrogen-bond donors (Lipinski definition) is 0. The Hall–Kier alpha value is -0.0969. The standard InChI is InChI=1S/C19H21.2ClH.Zr/c1-2-3-4-5-9-15-11-8-13-18-17-12-7-6-10-16(17)14-19(15)18;;;/h6-8,10-13H,1-5,9,14H2;2*1H;/q-1;;;+2/p-2. The van der Waals surface area contributed by atoms with Crippen molar-refractivity contribution in [3.63, 3.8) is 0 Å². The van der Waals surface area contributed by atoms with E-state index in [1.807, 2.05) is 0 Å². The molecule has 0 saturated carbocycles. The van der Waals surface area contributed by atoms with Gasteiger partial charge in [0, 0.05) is 0 Å². The second kappa shape index (κ2) is 9.91. The van der Waals surface area contributed by atoms with Gasteiger partial charge in [-0.15, -0.1) is 0 Å². The van der Waals surface area contributed by atoms with E-state index in [0.29, 0.717) is 0 Å². The number of halogens is 2. The zero-order chi connectivity index (χ0) is 15.8. The summed E-state index contributed by atoms with van der Waals surface area (Å²) in [5, 5.41) is 0. The van der Waals surface area contributed by atoms with Crippen LogP contribution in [0, 0.1) is 6.92 Å². The van der Waals surface area contributed by atoms with Gasteiger partial charge in [-0.25, -0.2) is 0 Å². The summed E-state index contributed by atoms with van der Waals surface area (Å²) in [5.74, 6) is 0. The molecule has 0 N–H and O–H groups in total. The van der Waals surface area contributed by atoms with Crippen molar-refractivity contribution in [1.29, 1.82) is 0 Å². The molecule has 0 nitrogen and oxygen atoms in total. The van der Waals surface area contributed by atoms with Crippen molar-refractivity contribution in [3.8, 4) is 11.1 Å². The third-order valence-corrected chi connectivity index (χ3v) is 4.14. The number of fused-ring (bicyclic) bond motifs is 3. The minimum absolute atomic E-state index is 0.826. The second-order valence-electron chi connectivity index (χ2n) is 5.51. The van der Waals surface area contributed by atoms with Crippen molar-refractivity contribution in [2.45, 2.75) is 38.5 Å². The minimum atomic E-state index is -0.826. The first-order valence-corrected chi connectivity index (χ1v) is 14.1. The van der Waals surface area contributed by atoms with Crippen molar-refractivity contribution < 1.29 is 20.8 Å². The van der Waals surface area contributed by atoms with Crippen LogP contribution in [0.4, 0.5) is 0 Å². The van der Waals surface area contributed by atoms with Crippen molar-refractivity contribution in [2.24, 2.45) is 0 Å². The first-order chi connectivity index (χ1) is 10.8. The van der Waals surface area contributed by atoms with Crippen molar-refractivity contribution in [3.05, 3.63) is 66.1 Å². The van der Waals surface area contributed by atoms with Crippen molar-refractivity contribution in [2.75, 3.05) is 0 Å². The van der Waals surface area contributed by atoms with Gasteiger partial charge in [0.1, 0.15) is 0 Å².